The molecule has 23 heavy (non-hydrogen) atoms. The Kier molecular flexibility index (Phi) is 2.45. The summed E-state index contributed by atoms with van der Waals surface area (Å²) in [6.07, 6.45) is 0. The van der Waals surface area contributed by atoms with E-state index in [1.807, 2.05) is 12.1 Å². The molecule has 5 rings (SSSR count). The maximum absolute atomic E-state index is 6.24. The smallest absolute Gasteiger partial charge is 0.143 e. The molecule has 0 unspecified atom stereocenters. The summed E-state index contributed by atoms with van der Waals surface area (Å²) in [6, 6.07) is 23.0. The summed E-state index contributed by atoms with van der Waals surface area (Å²) in [6.45, 7) is 0. The third-order valence-corrected chi connectivity index (χ3v) is 4.56. The highest BCUT2D eigenvalue weighted by molar-refractivity contribution is 6.30. The van der Waals surface area contributed by atoms with Crippen molar-refractivity contribution in [1.82, 2.24) is 0 Å². The van der Waals surface area contributed by atoms with Gasteiger partial charge in [0.1, 0.15) is 16.9 Å². The monoisotopic (exact) mass is 298 g/mol. The van der Waals surface area contributed by atoms with Crippen LogP contribution in [0.15, 0.2) is 71.1 Å². The molecule has 0 spiro atoms. The van der Waals surface area contributed by atoms with Gasteiger partial charge in [-0.1, -0.05) is 48.5 Å². The van der Waals surface area contributed by atoms with Crippen LogP contribution < -0.4 is 4.74 Å². The minimum Gasteiger partial charge on any atom is -0.497 e. The number of fused-ring (bicyclic) bond motifs is 8. The first-order chi connectivity index (χ1) is 11.4. The molecule has 0 saturated heterocycles. The van der Waals surface area contributed by atoms with E-state index in [0.717, 1.165) is 27.7 Å². The van der Waals surface area contributed by atoms with E-state index in [9.17, 15) is 0 Å². The number of rotatable bonds is 1. The van der Waals surface area contributed by atoms with Crippen molar-refractivity contribution in [2.75, 3.05) is 7.11 Å². The normalized spacial score (nSPS) is 11.7. The molecule has 0 saturated carbocycles. The van der Waals surface area contributed by atoms with Gasteiger partial charge < -0.3 is 9.15 Å². The van der Waals surface area contributed by atoms with Gasteiger partial charge in [-0.15, -0.1) is 0 Å². The molecule has 0 N–H and O–H groups in total. The lowest BCUT2D eigenvalue weighted by molar-refractivity contribution is 0.414. The second-order valence-corrected chi connectivity index (χ2v) is 5.76. The Hall–Kier alpha value is -3.00. The van der Waals surface area contributed by atoms with Gasteiger partial charge in [-0.25, -0.2) is 0 Å². The molecule has 0 aliphatic carbocycles. The van der Waals surface area contributed by atoms with Crippen LogP contribution in [0.2, 0.25) is 0 Å². The average molecular weight is 298 g/mol. The zero-order valence-corrected chi connectivity index (χ0v) is 12.7. The third-order valence-electron chi connectivity index (χ3n) is 4.56. The van der Waals surface area contributed by atoms with Gasteiger partial charge in [0.05, 0.1) is 7.11 Å². The van der Waals surface area contributed by atoms with E-state index in [4.69, 9.17) is 9.15 Å². The molecule has 2 nitrogen and oxygen atoms in total. The summed E-state index contributed by atoms with van der Waals surface area (Å²) >= 11 is 0. The summed E-state index contributed by atoms with van der Waals surface area (Å²) in [5.74, 6) is 0.810. The first-order valence-electron chi connectivity index (χ1n) is 7.66. The number of ether oxygens (including phenoxy) is 1. The minimum atomic E-state index is 0.810. The van der Waals surface area contributed by atoms with Crippen LogP contribution in [0.3, 0.4) is 0 Å². The summed E-state index contributed by atoms with van der Waals surface area (Å²) in [7, 11) is 1.68. The van der Waals surface area contributed by atoms with E-state index in [-0.39, 0.29) is 0 Å². The highest BCUT2D eigenvalue weighted by Gasteiger charge is 2.15. The molecule has 4 aromatic carbocycles. The first-order valence-corrected chi connectivity index (χ1v) is 7.66. The topological polar surface area (TPSA) is 22.4 Å². The van der Waals surface area contributed by atoms with Crippen molar-refractivity contribution in [3.8, 4) is 5.75 Å². The Morgan fingerprint density at radius 2 is 1.35 bits per heavy atom. The summed E-state index contributed by atoms with van der Waals surface area (Å²) in [5.41, 5.74) is 1.81. The van der Waals surface area contributed by atoms with E-state index in [2.05, 4.69) is 54.6 Å². The van der Waals surface area contributed by atoms with Crippen molar-refractivity contribution in [2.24, 2.45) is 0 Å². The maximum Gasteiger partial charge on any atom is 0.143 e. The van der Waals surface area contributed by atoms with Crippen LogP contribution in [-0.4, -0.2) is 7.11 Å². The van der Waals surface area contributed by atoms with Crippen LogP contribution in [0.4, 0.5) is 0 Å². The van der Waals surface area contributed by atoms with E-state index >= 15 is 0 Å². The molecule has 0 aliphatic rings. The molecule has 5 aromatic rings. The van der Waals surface area contributed by atoms with E-state index < -0.39 is 0 Å². The SMILES string of the molecule is COc1ccc2c(c1)oc1c3ccccc3c3ccccc3c21. The number of hydrogen-bond donors (Lipinski definition) is 0. The standard InChI is InChI=1S/C21H14O2/c1-22-13-10-11-18-19(12-13)23-21-17-9-5-3-7-15(17)14-6-2-4-8-16(14)20(18)21/h2-12H,1H3. The fourth-order valence-electron chi connectivity index (χ4n) is 3.51. The van der Waals surface area contributed by atoms with E-state index in [1.165, 1.54) is 21.5 Å². The second kappa shape index (κ2) is 4.50. The molecule has 0 bridgehead atoms. The lowest BCUT2D eigenvalue weighted by Crippen LogP contribution is -1.81. The van der Waals surface area contributed by atoms with Gasteiger partial charge >= 0.3 is 0 Å². The van der Waals surface area contributed by atoms with Gasteiger partial charge in [-0.3, -0.25) is 0 Å². The van der Waals surface area contributed by atoms with Crippen molar-refractivity contribution in [3.63, 3.8) is 0 Å². The zero-order chi connectivity index (χ0) is 15.4. The Balaban J connectivity index is 2.13. The number of methoxy groups -OCH3 is 1. The number of furan rings is 1. The summed E-state index contributed by atoms with van der Waals surface area (Å²) in [4.78, 5) is 0. The fourth-order valence-corrected chi connectivity index (χ4v) is 3.51. The molecule has 110 valence electrons. The highest BCUT2D eigenvalue weighted by Crippen LogP contribution is 2.41. The summed E-state index contributed by atoms with van der Waals surface area (Å²) < 4.78 is 11.6. The summed E-state index contributed by atoms with van der Waals surface area (Å²) in [5, 5.41) is 7.16. The van der Waals surface area contributed by atoms with Gasteiger partial charge in [0.15, 0.2) is 0 Å². The second-order valence-electron chi connectivity index (χ2n) is 5.76. The largest absolute Gasteiger partial charge is 0.497 e. The first kappa shape index (κ1) is 12.5. The molecular formula is C21H14O2. The van der Waals surface area contributed by atoms with Crippen molar-refractivity contribution in [1.29, 1.82) is 0 Å². The molecule has 0 fully saturated rings. The zero-order valence-electron chi connectivity index (χ0n) is 12.7. The molecule has 0 amide bonds. The van der Waals surface area contributed by atoms with E-state index in [1.54, 1.807) is 7.11 Å². The molecule has 0 radical (unpaired) electrons. The Bertz CT molecular complexity index is 1200. The number of hydrogen-bond acceptors (Lipinski definition) is 2. The van der Waals surface area contributed by atoms with E-state index in [0.29, 0.717) is 0 Å². The third kappa shape index (κ3) is 1.63. The molecule has 1 aromatic heterocycles. The Morgan fingerprint density at radius 1 is 0.696 bits per heavy atom. The van der Waals surface area contributed by atoms with Crippen LogP contribution in [0.5, 0.6) is 5.75 Å². The van der Waals surface area contributed by atoms with Crippen molar-refractivity contribution in [3.05, 3.63) is 66.7 Å². The molecular weight excluding hydrogens is 284 g/mol. The highest BCUT2D eigenvalue weighted by atomic mass is 16.5. The van der Waals surface area contributed by atoms with Gasteiger partial charge in [0, 0.05) is 22.2 Å². The van der Waals surface area contributed by atoms with Crippen molar-refractivity contribution >= 4 is 43.5 Å². The number of benzene rings is 4. The van der Waals surface area contributed by atoms with Crippen molar-refractivity contribution in [2.45, 2.75) is 0 Å². The van der Waals surface area contributed by atoms with Crippen LogP contribution >= 0.6 is 0 Å². The Labute approximate surface area is 132 Å². The van der Waals surface area contributed by atoms with Crippen molar-refractivity contribution < 1.29 is 9.15 Å². The van der Waals surface area contributed by atoms with Crippen LogP contribution in [0.1, 0.15) is 0 Å². The van der Waals surface area contributed by atoms with Crippen LogP contribution in [0, 0.1) is 0 Å². The Morgan fingerprint density at radius 3 is 2.09 bits per heavy atom. The molecule has 0 aliphatic heterocycles. The van der Waals surface area contributed by atoms with Gasteiger partial charge in [0.2, 0.25) is 0 Å². The van der Waals surface area contributed by atoms with Crippen LogP contribution in [-0.2, 0) is 0 Å². The molecule has 2 heteroatoms. The predicted octanol–water partition coefficient (Wildman–Crippen LogP) is 5.90. The van der Waals surface area contributed by atoms with Gasteiger partial charge in [-0.2, -0.15) is 0 Å². The fraction of sp³-hybridized carbons (Fsp3) is 0.0476. The van der Waals surface area contributed by atoms with Gasteiger partial charge in [0.25, 0.3) is 0 Å². The van der Waals surface area contributed by atoms with Crippen LogP contribution in [0.25, 0.3) is 43.5 Å². The predicted molar refractivity (Wildman–Crippen MR) is 95.3 cm³/mol. The molecule has 1 heterocycles. The lowest BCUT2D eigenvalue weighted by atomic mass is 9.97. The maximum atomic E-state index is 6.24. The minimum absolute atomic E-state index is 0.810. The lowest BCUT2D eigenvalue weighted by Gasteiger charge is -2.05. The average Bonchev–Trinajstić information content (AvgIpc) is 3.01. The molecule has 0 atom stereocenters. The quantitative estimate of drug-likeness (QED) is 0.359. The van der Waals surface area contributed by atoms with Gasteiger partial charge in [-0.05, 0) is 28.3 Å².